The Morgan fingerprint density at radius 2 is 1.93 bits per heavy atom. The summed E-state index contributed by atoms with van der Waals surface area (Å²) in [4.78, 5) is 68.5. The average molecular weight is 578 g/mol. The number of aliphatic carboxylic acids is 1. The molecular formula is C30H31N3O9. The van der Waals surface area contributed by atoms with E-state index in [9.17, 15) is 29.1 Å². The number of benzene rings is 1. The van der Waals surface area contributed by atoms with Gasteiger partial charge in [0, 0.05) is 22.9 Å². The minimum atomic E-state index is -1.92. The number of fused-ring (bicyclic) bond motifs is 5. The topological polar surface area (TPSA) is 163 Å². The summed E-state index contributed by atoms with van der Waals surface area (Å²) in [6.45, 7) is 6.52. The molecule has 4 heterocycles. The maximum Gasteiger partial charge on any atom is 0.408 e. The van der Waals surface area contributed by atoms with Gasteiger partial charge in [-0.3, -0.25) is 9.59 Å². The lowest BCUT2D eigenvalue weighted by Crippen LogP contribution is -2.48. The average Bonchev–Trinajstić information content (AvgIpc) is 3.28. The van der Waals surface area contributed by atoms with Gasteiger partial charge < -0.3 is 29.2 Å². The second-order valence-electron chi connectivity index (χ2n) is 11.3. The van der Waals surface area contributed by atoms with Crippen molar-refractivity contribution in [2.75, 3.05) is 0 Å². The Morgan fingerprint density at radius 1 is 1.19 bits per heavy atom. The third-order valence-electron chi connectivity index (χ3n) is 7.30. The van der Waals surface area contributed by atoms with Gasteiger partial charge in [0.05, 0.1) is 29.0 Å². The van der Waals surface area contributed by atoms with Gasteiger partial charge in [0.1, 0.15) is 18.2 Å². The summed E-state index contributed by atoms with van der Waals surface area (Å²) < 4.78 is 17.7. The molecule has 0 bridgehead atoms. The number of amides is 1. The van der Waals surface area contributed by atoms with Crippen LogP contribution < -0.4 is 10.9 Å². The molecule has 2 N–H and O–H groups in total. The molecule has 2 atom stereocenters. The van der Waals surface area contributed by atoms with Crippen molar-refractivity contribution in [2.24, 2.45) is 0 Å². The van der Waals surface area contributed by atoms with Crippen LogP contribution in [0, 0.1) is 0 Å². The third kappa shape index (κ3) is 5.19. The standard InChI is InChI=1S/C30H31N3O9/c1-5-30(41-23(34)11-10-21(26(36)37)32-28(39)42-29(2,3)4)19-13-22-24-17(12-16-8-6-7-9-20(16)31-24)14-33(22)25(35)18(19)15-40-27(30)38/h6-9,12-13,21H,5,10-11,14-15H2,1-4H3,(H,32,39)(H,36,37)/t21-,30-/m0/s1. The Kier molecular flexibility index (Phi) is 7.25. The lowest BCUT2D eigenvalue weighted by atomic mass is 9.85. The van der Waals surface area contributed by atoms with E-state index in [2.05, 4.69) is 5.32 Å². The number of hydrogen-bond donors (Lipinski definition) is 2. The van der Waals surface area contributed by atoms with E-state index in [1.54, 1.807) is 38.3 Å². The van der Waals surface area contributed by atoms with Crippen molar-refractivity contribution >= 4 is 34.9 Å². The lowest BCUT2D eigenvalue weighted by Gasteiger charge is -2.35. The smallest absolute Gasteiger partial charge is 0.408 e. The van der Waals surface area contributed by atoms with Crippen LogP contribution in [-0.2, 0) is 47.3 Å². The van der Waals surface area contributed by atoms with E-state index in [0.29, 0.717) is 17.9 Å². The van der Waals surface area contributed by atoms with E-state index < -0.39 is 47.7 Å². The highest BCUT2D eigenvalue weighted by Gasteiger charge is 2.50. The van der Waals surface area contributed by atoms with Crippen LogP contribution in [0.4, 0.5) is 4.79 Å². The normalized spacial score (nSPS) is 17.9. The van der Waals surface area contributed by atoms with Gasteiger partial charge in [0.2, 0.25) is 5.60 Å². The maximum absolute atomic E-state index is 13.6. The van der Waals surface area contributed by atoms with Crippen LogP contribution in [0.25, 0.3) is 22.3 Å². The number of alkyl carbamates (subject to hydrolysis) is 1. The Bertz CT molecular complexity index is 1690. The summed E-state index contributed by atoms with van der Waals surface area (Å²) in [5.41, 5.74) is -0.0506. The van der Waals surface area contributed by atoms with Crippen molar-refractivity contribution in [1.29, 1.82) is 0 Å². The zero-order valence-corrected chi connectivity index (χ0v) is 23.7. The third-order valence-corrected chi connectivity index (χ3v) is 7.30. The van der Waals surface area contributed by atoms with Crippen LogP contribution in [0.3, 0.4) is 0 Å². The molecule has 2 aliphatic heterocycles. The second kappa shape index (κ2) is 10.6. The Morgan fingerprint density at radius 3 is 2.62 bits per heavy atom. The number of cyclic esters (lactones) is 1. The number of hydrogen-bond acceptors (Lipinski definition) is 9. The summed E-state index contributed by atoms with van der Waals surface area (Å²) >= 11 is 0. The molecule has 2 aliphatic rings. The van der Waals surface area contributed by atoms with Crippen molar-refractivity contribution in [3.8, 4) is 11.4 Å². The second-order valence-corrected chi connectivity index (χ2v) is 11.3. The molecule has 0 aliphatic carbocycles. The molecule has 220 valence electrons. The highest BCUT2D eigenvalue weighted by atomic mass is 16.6. The first kappa shape index (κ1) is 28.8. The lowest BCUT2D eigenvalue weighted by molar-refractivity contribution is -0.189. The first-order chi connectivity index (χ1) is 19.8. The Labute approximate surface area is 240 Å². The van der Waals surface area contributed by atoms with Crippen molar-refractivity contribution in [1.82, 2.24) is 14.9 Å². The molecule has 3 aromatic rings. The van der Waals surface area contributed by atoms with Crippen LogP contribution in [0.5, 0.6) is 0 Å². The number of carboxylic acids is 1. The summed E-state index contributed by atoms with van der Waals surface area (Å²) in [5, 5.41) is 12.7. The number of pyridine rings is 2. The molecule has 42 heavy (non-hydrogen) atoms. The monoisotopic (exact) mass is 577 g/mol. The predicted octanol–water partition coefficient (Wildman–Crippen LogP) is 3.39. The molecule has 12 heteroatoms. The number of nitrogens with zero attached hydrogens (tertiary/aromatic N) is 2. The molecule has 1 aromatic carbocycles. The van der Waals surface area contributed by atoms with E-state index in [-0.39, 0.29) is 36.1 Å². The number of esters is 2. The number of nitrogens with one attached hydrogen (secondary N) is 1. The minimum Gasteiger partial charge on any atom is -0.480 e. The van der Waals surface area contributed by atoms with Gasteiger partial charge in [-0.2, -0.15) is 0 Å². The summed E-state index contributed by atoms with van der Waals surface area (Å²) in [6, 6.07) is 9.76. The number of carbonyl (C=O) groups is 4. The number of ether oxygens (including phenoxy) is 3. The van der Waals surface area contributed by atoms with Crippen LogP contribution in [0.1, 0.15) is 63.6 Å². The fourth-order valence-corrected chi connectivity index (χ4v) is 5.30. The van der Waals surface area contributed by atoms with Crippen LogP contribution in [0.2, 0.25) is 0 Å². The van der Waals surface area contributed by atoms with E-state index in [1.807, 2.05) is 30.3 Å². The highest BCUT2D eigenvalue weighted by molar-refractivity contribution is 5.88. The molecular weight excluding hydrogens is 546 g/mol. The maximum atomic E-state index is 13.6. The SMILES string of the molecule is CC[C@@]1(OC(=O)CC[C@H](NC(=O)OC(C)(C)C)C(=O)O)C(=O)OCc2c1cc1n(c2=O)Cc2cc3ccccc3nc2-1. The van der Waals surface area contributed by atoms with Crippen LogP contribution in [0.15, 0.2) is 41.2 Å². The van der Waals surface area contributed by atoms with Gasteiger partial charge in [0.15, 0.2) is 0 Å². The fraction of sp³-hybridized carbons (Fsp3) is 0.400. The molecule has 0 unspecified atom stereocenters. The largest absolute Gasteiger partial charge is 0.480 e. The number of rotatable bonds is 7. The molecule has 0 saturated carbocycles. The molecule has 0 fully saturated rings. The fourth-order valence-electron chi connectivity index (χ4n) is 5.30. The molecule has 1 amide bonds. The van der Waals surface area contributed by atoms with Gasteiger partial charge in [-0.1, -0.05) is 25.1 Å². The molecule has 0 radical (unpaired) electrons. The van der Waals surface area contributed by atoms with Gasteiger partial charge in [-0.05, 0) is 51.8 Å². The Hall–Kier alpha value is -4.74. The zero-order valence-electron chi connectivity index (χ0n) is 23.7. The van der Waals surface area contributed by atoms with Crippen molar-refractivity contribution in [3.63, 3.8) is 0 Å². The molecule has 0 saturated heterocycles. The quantitative estimate of drug-likeness (QED) is 0.246. The van der Waals surface area contributed by atoms with Crippen LogP contribution >= 0.6 is 0 Å². The molecule has 12 nitrogen and oxygen atoms in total. The van der Waals surface area contributed by atoms with Gasteiger partial charge in [-0.15, -0.1) is 0 Å². The first-order valence-corrected chi connectivity index (χ1v) is 13.6. The summed E-state index contributed by atoms with van der Waals surface area (Å²) in [7, 11) is 0. The summed E-state index contributed by atoms with van der Waals surface area (Å²) in [5.74, 6) is -3.10. The van der Waals surface area contributed by atoms with Gasteiger partial charge in [-0.25, -0.2) is 19.4 Å². The minimum absolute atomic E-state index is 0.0377. The van der Waals surface area contributed by atoms with E-state index >= 15 is 0 Å². The predicted molar refractivity (Wildman–Crippen MR) is 148 cm³/mol. The number of carboxylic acid groups (broad SMARTS) is 1. The zero-order chi connectivity index (χ0) is 30.4. The number of aromatic nitrogens is 2. The van der Waals surface area contributed by atoms with E-state index in [1.165, 1.54) is 0 Å². The first-order valence-electron chi connectivity index (χ1n) is 13.6. The van der Waals surface area contributed by atoms with Crippen molar-refractivity contribution < 1.29 is 38.5 Å². The molecule has 0 spiro atoms. The van der Waals surface area contributed by atoms with Crippen molar-refractivity contribution in [3.05, 3.63) is 63.4 Å². The highest BCUT2D eigenvalue weighted by Crippen LogP contribution is 2.41. The molecule has 2 aromatic heterocycles. The van der Waals surface area contributed by atoms with E-state index in [4.69, 9.17) is 19.2 Å². The molecule has 5 rings (SSSR count). The number of carbonyl (C=O) groups excluding carboxylic acids is 3. The Balaban J connectivity index is 1.44. The number of para-hydroxylation sites is 1. The van der Waals surface area contributed by atoms with Crippen molar-refractivity contribution in [2.45, 2.75) is 77.4 Å². The summed E-state index contributed by atoms with van der Waals surface area (Å²) in [6.07, 6.45) is -1.76. The van der Waals surface area contributed by atoms with Crippen LogP contribution in [-0.4, -0.2) is 50.3 Å². The van der Waals surface area contributed by atoms with Gasteiger partial charge in [0.25, 0.3) is 5.56 Å². The van der Waals surface area contributed by atoms with Gasteiger partial charge >= 0.3 is 24.0 Å². The van der Waals surface area contributed by atoms with E-state index in [0.717, 1.165) is 16.5 Å².